The van der Waals surface area contributed by atoms with Crippen molar-refractivity contribution >= 4 is 7.05 Å². The van der Waals surface area contributed by atoms with Gasteiger partial charge in [-0.05, 0) is 38.7 Å². The molecule has 5 heteroatoms. The Balaban J connectivity index is 2.30. The van der Waals surface area contributed by atoms with Crippen LogP contribution < -0.4 is 0 Å². The molecule has 76 valence electrons. The van der Waals surface area contributed by atoms with Gasteiger partial charge in [0.2, 0.25) is 0 Å². The molecule has 1 unspecified atom stereocenters. The van der Waals surface area contributed by atoms with E-state index in [1.807, 2.05) is 4.81 Å². The predicted molar refractivity (Wildman–Crippen MR) is 50.1 cm³/mol. The van der Waals surface area contributed by atoms with Gasteiger partial charge in [0, 0.05) is 0 Å². The quantitative estimate of drug-likeness (QED) is 0.620. The van der Waals surface area contributed by atoms with E-state index in [1.54, 1.807) is 6.82 Å². The fourth-order valence-electron chi connectivity index (χ4n) is 1.80. The van der Waals surface area contributed by atoms with E-state index in [-0.39, 0.29) is 12.5 Å². The van der Waals surface area contributed by atoms with Crippen molar-refractivity contribution in [2.75, 3.05) is 19.7 Å². The summed E-state index contributed by atoms with van der Waals surface area (Å²) >= 11 is 0. The third kappa shape index (κ3) is 2.93. The highest BCUT2D eigenvalue weighted by atomic mass is 19.1. The molecule has 13 heavy (non-hydrogen) atoms. The van der Waals surface area contributed by atoms with E-state index in [4.69, 9.17) is 5.11 Å². The normalized spacial score (nSPS) is 23.1. The summed E-state index contributed by atoms with van der Waals surface area (Å²) in [5, 5.41) is 17.9. The molecule has 0 aromatic heterocycles. The Morgan fingerprint density at radius 3 is 2.46 bits per heavy atom. The number of rotatable bonds is 3. The Hall–Kier alpha value is -0.125. The molecule has 1 fully saturated rings. The molecule has 0 saturated carbocycles. The first-order chi connectivity index (χ1) is 6.15. The van der Waals surface area contributed by atoms with Gasteiger partial charge in [-0.15, -0.1) is 0 Å². The van der Waals surface area contributed by atoms with Crippen LogP contribution in [-0.2, 0) is 0 Å². The zero-order valence-electron chi connectivity index (χ0n) is 7.99. The number of aliphatic hydroxyl groups excluding tert-OH is 1. The summed E-state index contributed by atoms with van der Waals surface area (Å²) in [6.45, 7) is 2.80. The second-order valence-corrected chi connectivity index (χ2v) is 3.70. The fraction of sp³-hybridized carbons (Fsp3) is 1.00. The Kier molecular flexibility index (Phi) is 4.16. The second kappa shape index (κ2) is 4.93. The largest absolute Gasteiger partial charge is 0.437 e. The summed E-state index contributed by atoms with van der Waals surface area (Å²) in [6.07, 6.45) is 0.371. The lowest BCUT2D eigenvalue weighted by molar-refractivity contribution is 0.0926. The van der Waals surface area contributed by atoms with Gasteiger partial charge in [-0.3, -0.25) is 0 Å². The lowest BCUT2D eigenvalue weighted by atomic mass is 9.80. The van der Waals surface area contributed by atoms with Crippen molar-refractivity contribution in [3.05, 3.63) is 0 Å². The summed E-state index contributed by atoms with van der Waals surface area (Å²) in [7, 11) is -0.437. The van der Waals surface area contributed by atoms with Crippen molar-refractivity contribution in [2.24, 2.45) is 5.92 Å². The zero-order valence-corrected chi connectivity index (χ0v) is 7.99. The molecule has 0 aromatic rings. The number of nitrogens with zero attached hydrogens (tertiary/aromatic N) is 1. The van der Waals surface area contributed by atoms with Crippen molar-refractivity contribution in [3.63, 3.8) is 0 Å². The molecule has 1 aliphatic heterocycles. The van der Waals surface area contributed by atoms with E-state index < -0.39 is 13.2 Å². The lowest BCUT2D eigenvalue weighted by Crippen LogP contribution is -2.44. The summed E-state index contributed by atoms with van der Waals surface area (Å²) in [5.41, 5.74) is 0. The van der Waals surface area contributed by atoms with Crippen LogP contribution in [0.5, 0.6) is 0 Å². The van der Waals surface area contributed by atoms with Crippen molar-refractivity contribution in [2.45, 2.75) is 25.8 Å². The Bertz CT molecular complexity index is 151. The van der Waals surface area contributed by atoms with E-state index >= 15 is 0 Å². The van der Waals surface area contributed by atoms with Crippen LogP contribution >= 0.6 is 0 Å². The van der Waals surface area contributed by atoms with Crippen molar-refractivity contribution in [3.8, 4) is 0 Å². The molecule has 0 aliphatic carbocycles. The molecular weight excluding hydrogens is 172 g/mol. The van der Waals surface area contributed by atoms with Gasteiger partial charge in [-0.25, -0.2) is 4.39 Å². The minimum absolute atomic E-state index is 0.0278. The molecule has 0 amide bonds. The van der Waals surface area contributed by atoms with Crippen LogP contribution in [0.15, 0.2) is 0 Å². The highest BCUT2D eigenvalue weighted by Crippen LogP contribution is 2.22. The topological polar surface area (TPSA) is 43.7 Å². The van der Waals surface area contributed by atoms with Gasteiger partial charge in [0.15, 0.2) is 0 Å². The Labute approximate surface area is 78.7 Å². The Morgan fingerprint density at radius 2 is 2.08 bits per heavy atom. The number of halogens is 1. The van der Waals surface area contributed by atoms with Crippen LogP contribution in [0.25, 0.3) is 0 Å². The van der Waals surface area contributed by atoms with Crippen molar-refractivity contribution in [1.29, 1.82) is 0 Å². The van der Waals surface area contributed by atoms with E-state index in [9.17, 15) is 9.41 Å². The maximum Gasteiger partial charge on any atom is 0.376 e. The molecular formula is C8H17BFNO2. The molecule has 3 nitrogen and oxygen atoms in total. The van der Waals surface area contributed by atoms with Crippen LogP contribution in [0.2, 0.25) is 6.82 Å². The van der Waals surface area contributed by atoms with Crippen LogP contribution in [0.3, 0.4) is 0 Å². The average molecular weight is 189 g/mol. The zero-order chi connectivity index (χ0) is 9.84. The number of piperidine rings is 1. The maximum atomic E-state index is 13.0. The van der Waals surface area contributed by atoms with Crippen LogP contribution in [0.1, 0.15) is 12.8 Å². The second-order valence-electron chi connectivity index (χ2n) is 3.70. The SMILES string of the molecule is CB(O)N1CCC(C(F)CO)CC1. The predicted octanol–water partition coefficient (Wildman–Crippen LogP) is 0.139. The molecule has 1 rings (SSSR count). The van der Waals surface area contributed by atoms with Gasteiger partial charge >= 0.3 is 7.05 Å². The molecule has 1 heterocycles. The summed E-state index contributed by atoms with van der Waals surface area (Å²) in [6, 6.07) is 0. The number of hydrogen-bond acceptors (Lipinski definition) is 3. The summed E-state index contributed by atoms with van der Waals surface area (Å²) < 4.78 is 13.0. The van der Waals surface area contributed by atoms with Gasteiger partial charge in [-0.2, -0.15) is 0 Å². The van der Waals surface area contributed by atoms with Gasteiger partial charge in [0.05, 0.1) is 6.61 Å². The van der Waals surface area contributed by atoms with Crippen LogP contribution in [0, 0.1) is 5.92 Å². The molecule has 1 atom stereocenters. The van der Waals surface area contributed by atoms with E-state index in [0.717, 1.165) is 25.9 Å². The van der Waals surface area contributed by atoms with Crippen molar-refractivity contribution < 1.29 is 14.5 Å². The third-order valence-electron chi connectivity index (χ3n) is 2.79. The van der Waals surface area contributed by atoms with E-state index in [2.05, 4.69) is 0 Å². The fourth-order valence-corrected chi connectivity index (χ4v) is 1.80. The number of alkyl halides is 1. The first-order valence-electron chi connectivity index (χ1n) is 4.82. The lowest BCUT2D eigenvalue weighted by Gasteiger charge is -2.33. The minimum atomic E-state index is -1.09. The smallest absolute Gasteiger partial charge is 0.376 e. The maximum absolute atomic E-state index is 13.0. The molecule has 0 spiro atoms. The number of hydrogen-bond donors (Lipinski definition) is 2. The monoisotopic (exact) mass is 189 g/mol. The van der Waals surface area contributed by atoms with Crippen molar-refractivity contribution in [1.82, 2.24) is 4.81 Å². The molecule has 1 saturated heterocycles. The highest BCUT2D eigenvalue weighted by molar-refractivity contribution is 6.45. The highest BCUT2D eigenvalue weighted by Gasteiger charge is 2.28. The average Bonchev–Trinajstić information content (AvgIpc) is 2.17. The molecule has 0 radical (unpaired) electrons. The molecule has 1 aliphatic rings. The van der Waals surface area contributed by atoms with E-state index in [0.29, 0.717) is 0 Å². The molecule has 0 aromatic carbocycles. The Morgan fingerprint density at radius 1 is 1.54 bits per heavy atom. The van der Waals surface area contributed by atoms with Crippen LogP contribution in [0.4, 0.5) is 4.39 Å². The van der Waals surface area contributed by atoms with Gasteiger partial charge in [0.1, 0.15) is 6.17 Å². The standard InChI is InChI=1S/C8H17BFNO2/c1-9(13)11-4-2-7(3-5-11)8(10)6-12/h7-8,12-13H,2-6H2,1H3. The molecule has 2 N–H and O–H groups in total. The summed E-state index contributed by atoms with van der Waals surface area (Å²) in [5.74, 6) is -0.0278. The van der Waals surface area contributed by atoms with E-state index in [1.165, 1.54) is 0 Å². The van der Waals surface area contributed by atoms with Gasteiger partial charge < -0.3 is 14.9 Å². The number of aliphatic hydroxyl groups is 1. The third-order valence-corrected chi connectivity index (χ3v) is 2.79. The first-order valence-corrected chi connectivity index (χ1v) is 4.82. The summed E-state index contributed by atoms with van der Waals surface area (Å²) in [4.78, 5) is 1.92. The molecule has 0 bridgehead atoms. The van der Waals surface area contributed by atoms with Gasteiger partial charge in [-0.1, -0.05) is 0 Å². The first kappa shape index (κ1) is 11.0. The van der Waals surface area contributed by atoms with Crippen LogP contribution in [-0.4, -0.2) is 47.9 Å². The van der Waals surface area contributed by atoms with Gasteiger partial charge in [0.25, 0.3) is 0 Å². The minimum Gasteiger partial charge on any atom is -0.437 e.